The Balaban J connectivity index is 1.29. The first-order valence-electron chi connectivity index (χ1n) is 8.53. The molecule has 1 aliphatic heterocycles. The van der Waals surface area contributed by atoms with Crippen molar-refractivity contribution in [2.24, 2.45) is 5.92 Å². The Bertz CT molecular complexity index is 878. The number of rotatable bonds is 4. The molecule has 3 heterocycles. The average Bonchev–Trinajstić information content (AvgIpc) is 3.35. The lowest BCUT2D eigenvalue weighted by molar-refractivity contribution is -0.151. The molecule has 7 heteroatoms. The van der Waals surface area contributed by atoms with Crippen LogP contribution in [0, 0.1) is 5.92 Å². The fourth-order valence-electron chi connectivity index (χ4n) is 3.12. The smallest absolute Gasteiger partial charge is 0.309 e. The normalized spacial score (nSPS) is 15.3. The zero-order chi connectivity index (χ0) is 17.9. The molecular weight excluding hydrogens is 352 g/mol. The Kier molecular flexibility index (Phi) is 4.71. The standard InChI is InChI=1S/C19H18N2O4S/c22-18(14-7-10-24-11-14)21-8-5-13(6-9-21)19(23)25-12-17-20-15-3-1-2-4-16(15)26-17/h1-4,7,10-11,13H,5-6,8-9,12H2. The number of thiazole rings is 1. The number of para-hydroxylation sites is 1. The topological polar surface area (TPSA) is 72.6 Å². The molecule has 1 fully saturated rings. The maximum absolute atomic E-state index is 12.3. The Morgan fingerprint density at radius 2 is 2.04 bits per heavy atom. The summed E-state index contributed by atoms with van der Waals surface area (Å²) in [4.78, 5) is 30.8. The number of likely N-dealkylation sites (tertiary alicyclic amines) is 1. The fourth-order valence-corrected chi connectivity index (χ4v) is 4.00. The first kappa shape index (κ1) is 16.8. The highest BCUT2D eigenvalue weighted by atomic mass is 32.1. The molecule has 0 saturated carbocycles. The summed E-state index contributed by atoms with van der Waals surface area (Å²) in [5.41, 5.74) is 1.47. The molecule has 0 aliphatic carbocycles. The van der Waals surface area contributed by atoms with E-state index in [1.807, 2.05) is 24.3 Å². The summed E-state index contributed by atoms with van der Waals surface area (Å²) in [5.74, 6) is -0.433. The summed E-state index contributed by atoms with van der Waals surface area (Å²) in [6.07, 6.45) is 4.16. The third-order valence-electron chi connectivity index (χ3n) is 4.56. The first-order valence-corrected chi connectivity index (χ1v) is 9.35. The van der Waals surface area contributed by atoms with Crippen LogP contribution in [-0.2, 0) is 16.1 Å². The molecule has 26 heavy (non-hydrogen) atoms. The molecule has 0 spiro atoms. The maximum atomic E-state index is 12.3. The van der Waals surface area contributed by atoms with Gasteiger partial charge in [0.15, 0.2) is 0 Å². The van der Waals surface area contributed by atoms with Crippen molar-refractivity contribution in [3.8, 4) is 0 Å². The Morgan fingerprint density at radius 1 is 1.23 bits per heavy atom. The lowest BCUT2D eigenvalue weighted by Crippen LogP contribution is -2.40. The van der Waals surface area contributed by atoms with Crippen LogP contribution in [0.25, 0.3) is 10.2 Å². The van der Waals surface area contributed by atoms with E-state index in [0.29, 0.717) is 31.5 Å². The molecule has 0 N–H and O–H groups in total. The fraction of sp³-hybridized carbons (Fsp3) is 0.316. The zero-order valence-corrected chi connectivity index (χ0v) is 14.9. The van der Waals surface area contributed by atoms with Gasteiger partial charge in [-0.3, -0.25) is 9.59 Å². The van der Waals surface area contributed by atoms with Gasteiger partial charge in [0.1, 0.15) is 17.9 Å². The van der Waals surface area contributed by atoms with Gasteiger partial charge in [-0.15, -0.1) is 11.3 Å². The number of hydrogen-bond acceptors (Lipinski definition) is 6. The van der Waals surface area contributed by atoms with Crippen LogP contribution in [0.3, 0.4) is 0 Å². The number of hydrogen-bond donors (Lipinski definition) is 0. The lowest BCUT2D eigenvalue weighted by atomic mass is 9.96. The van der Waals surface area contributed by atoms with Crippen molar-refractivity contribution in [2.45, 2.75) is 19.4 Å². The molecule has 4 rings (SSSR count). The second-order valence-electron chi connectivity index (χ2n) is 6.26. The van der Waals surface area contributed by atoms with Gasteiger partial charge < -0.3 is 14.1 Å². The number of piperidine rings is 1. The zero-order valence-electron chi connectivity index (χ0n) is 14.1. The van der Waals surface area contributed by atoms with E-state index in [1.165, 1.54) is 23.9 Å². The molecule has 2 aromatic heterocycles. The van der Waals surface area contributed by atoms with Crippen molar-refractivity contribution in [3.63, 3.8) is 0 Å². The number of carbonyl (C=O) groups is 2. The third kappa shape index (κ3) is 3.48. The van der Waals surface area contributed by atoms with Crippen molar-refractivity contribution in [1.29, 1.82) is 0 Å². The minimum absolute atomic E-state index is 0.0555. The van der Waals surface area contributed by atoms with E-state index in [0.717, 1.165) is 15.2 Å². The van der Waals surface area contributed by atoms with Gasteiger partial charge in [-0.1, -0.05) is 12.1 Å². The van der Waals surface area contributed by atoms with E-state index >= 15 is 0 Å². The number of nitrogens with zero attached hydrogens (tertiary/aromatic N) is 2. The summed E-state index contributed by atoms with van der Waals surface area (Å²) in [7, 11) is 0. The summed E-state index contributed by atoms with van der Waals surface area (Å²) in [6.45, 7) is 1.29. The number of benzene rings is 1. The summed E-state index contributed by atoms with van der Waals surface area (Å²) < 4.78 is 11.5. The predicted molar refractivity (Wildman–Crippen MR) is 96.8 cm³/mol. The molecule has 1 aliphatic rings. The molecule has 0 radical (unpaired) electrons. The Hall–Kier alpha value is -2.67. The van der Waals surface area contributed by atoms with Gasteiger partial charge >= 0.3 is 5.97 Å². The van der Waals surface area contributed by atoms with Gasteiger partial charge in [-0.2, -0.15) is 0 Å². The molecule has 0 atom stereocenters. The van der Waals surface area contributed by atoms with Crippen molar-refractivity contribution in [2.75, 3.05) is 13.1 Å². The molecule has 0 bridgehead atoms. The number of esters is 1. The van der Waals surface area contributed by atoms with Crippen molar-refractivity contribution in [1.82, 2.24) is 9.88 Å². The van der Waals surface area contributed by atoms with Crippen LogP contribution in [0.5, 0.6) is 0 Å². The van der Waals surface area contributed by atoms with Crippen LogP contribution < -0.4 is 0 Å². The highest BCUT2D eigenvalue weighted by Crippen LogP contribution is 2.24. The van der Waals surface area contributed by atoms with Gasteiger partial charge in [0.05, 0.1) is 28.0 Å². The maximum Gasteiger partial charge on any atom is 0.309 e. The molecule has 0 unspecified atom stereocenters. The molecule has 1 amide bonds. The van der Waals surface area contributed by atoms with E-state index in [1.54, 1.807) is 11.0 Å². The quantitative estimate of drug-likeness (QED) is 0.658. The summed E-state index contributed by atoms with van der Waals surface area (Å²) in [6, 6.07) is 9.51. The van der Waals surface area contributed by atoms with Crippen molar-refractivity contribution >= 4 is 33.4 Å². The van der Waals surface area contributed by atoms with E-state index in [-0.39, 0.29) is 24.4 Å². The second-order valence-corrected chi connectivity index (χ2v) is 7.38. The molecule has 6 nitrogen and oxygen atoms in total. The number of carbonyl (C=O) groups excluding carboxylic acids is 2. The number of furan rings is 1. The predicted octanol–water partition coefficient (Wildman–Crippen LogP) is 3.48. The van der Waals surface area contributed by atoms with E-state index < -0.39 is 0 Å². The Labute approximate surface area is 154 Å². The van der Waals surface area contributed by atoms with E-state index in [4.69, 9.17) is 9.15 Å². The van der Waals surface area contributed by atoms with Crippen molar-refractivity contribution < 1.29 is 18.7 Å². The minimum atomic E-state index is -0.209. The molecule has 1 aromatic carbocycles. The first-order chi connectivity index (χ1) is 12.7. The average molecular weight is 370 g/mol. The van der Waals surface area contributed by atoms with Crippen LogP contribution in [0.1, 0.15) is 28.2 Å². The highest BCUT2D eigenvalue weighted by Gasteiger charge is 2.29. The SMILES string of the molecule is O=C(OCc1nc2ccccc2s1)C1CCN(C(=O)c2ccoc2)CC1. The van der Waals surface area contributed by atoms with E-state index in [2.05, 4.69) is 4.98 Å². The largest absolute Gasteiger partial charge is 0.472 e. The van der Waals surface area contributed by atoms with Crippen LogP contribution >= 0.6 is 11.3 Å². The second kappa shape index (κ2) is 7.29. The van der Waals surface area contributed by atoms with Gasteiger partial charge in [0, 0.05) is 13.1 Å². The van der Waals surface area contributed by atoms with E-state index in [9.17, 15) is 9.59 Å². The number of aromatic nitrogens is 1. The monoisotopic (exact) mass is 370 g/mol. The van der Waals surface area contributed by atoms with Crippen LogP contribution in [0.4, 0.5) is 0 Å². The van der Waals surface area contributed by atoms with Crippen LogP contribution in [-0.4, -0.2) is 34.8 Å². The molecule has 134 valence electrons. The highest BCUT2D eigenvalue weighted by molar-refractivity contribution is 7.18. The van der Waals surface area contributed by atoms with Crippen molar-refractivity contribution in [3.05, 3.63) is 53.4 Å². The minimum Gasteiger partial charge on any atom is -0.472 e. The number of amides is 1. The van der Waals surface area contributed by atoms with Gasteiger partial charge in [0.25, 0.3) is 5.91 Å². The van der Waals surface area contributed by atoms with Crippen LogP contribution in [0.2, 0.25) is 0 Å². The Morgan fingerprint density at radius 3 is 2.77 bits per heavy atom. The van der Waals surface area contributed by atoms with Gasteiger partial charge in [-0.05, 0) is 31.0 Å². The number of ether oxygens (including phenoxy) is 1. The molecular formula is C19H18N2O4S. The summed E-state index contributed by atoms with van der Waals surface area (Å²) in [5, 5.41) is 0.798. The summed E-state index contributed by atoms with van der Waals surface area (Å²) >= 11 is 1.54. The lowest BCUT2D eigenvalue weighted by Gasteiger charge is -2.30. The number of fused-ring (bicyclic) bond motifs is 1. The van der Waals surface area contributed by atoms with Gasteiger partial charge in [-0.25, -0.2) is 4.98 Å². The molecule has 1 saturated heterocycles. The van der Waals surface area contributed by atoms with Crippen LogP contribution in [0.15, 0.2) is 47.3 Å². The third-order valence-corrected chi connectivity index (χ3v) is 5.57. The molecule has 3 aromatic rings. The van der Waals surface area contributed by atoms with Gasteiger partial charge in [0.2, 0.25) is 0 Å².